The summed E-state index contributed by atoms with van der Waals surface area (Å²) in [4.78, 5) is 7.38. The molecule has 7 heteroatoms. The Morgan fingerprint density at radius 3 is 2.89 bits per heavy atom. The number of hydrogen-bond donors (Lipinski definition) is 2. The molecule has 0 fully saturated rings. The van der Waals surface area contributed by atoms with Gasteiger partial charge in [-0.15, -0.1) is 0 Å². The van der Waals surface area contributed by atoms with Crippen molar-refractivity contribution < 1.29 is 8.42 Å². The maximum absolute atomic E-state index is 11.1. The largest absolute Gasteiger partial charge is 0.341 e. The molecule has 2 aromatic rings. The Kier molecular flexibility index (Phi) is 3.61. The number of aromatic nitrogens is 2. The smallest absolute Gasteiger partial charge is 0.147 e. The predicted octanol–water partition coefficient (Wildman–Crippen LogP) is 1.65. The lowest BCUT2D eigenvalue weighted by molar-refractivity contribution is 0.588. The first kappa shape index (κ1) is 13.3. The van der Waals surface area contributed by atoms with E-state index in [1.165, 1.54) is 6.26 Å². The van der Waals surface area contributed by atoms with E-state index >= 15 is 0 Å². The van der Waals surface area contributed by atoms with Gasteiger partial charge in [0.25, 0.3) is 0 Å². The normalized spacial score (nSPS) is 13.9. The van der Waals surface area contributed by atoms with Crippen LogP contribution in [0.3, 0.4) is 0 Å². The van der Waals surface area contributed by atoms with Crippen LogP contribution in [0, 0.1) is 0 Å². The number of halogens is 1. The molecule has 0 saturated heterocycles. The summed E-state index contributed by atoms with van der Waals surface area (Å²) in [5, 5.41) is 0.613. The first-order valence-electron chi connectivity index (χ1n) is 5.43. The van der Waals surface area contributed by atoms with Crippen molar-refractivity contribution in [1.29, 1.82) is 0 Å². The van der Waals surface area contributed by atoms with Crippen LogP contribution in [0.5, 0.6) is 0 Å². The summed E-state index contributed by atoms with van der Waals surface area (Å²) in [7, 11) is -3.01. The first-order valence-corrected chi connectivity index (χ1v) is 7.87. The molecule has 3 N–H and O–H groups in total. The van der Waals surface area contributed by atoms with Crippen molar-refractivity contribution in [2.75, 3.05) is 12.0 Å². The standard InChI is InChI=1S/C11H14ClN3O2S/c1-18(16,17)5-4-8(13)11-14-9-3-2-7(12)6-10(9)15-11/h2-3,6,8H,4-5,13H2,1H3,(H,14,15)/t8-/m0/s1. The minimum atomic E-state index is -3.01. The fraction of sp³-hybridized carbons (Fsp3) is 0.364. The van der Waals surface area contributed by atoms with Crippen molar-refractivity contribution in [3.05, 3.63) is 29.0 Å². The lowest BCUT2D eigenvalue weighted by Gasteiger charge is -2.06. The number of H-pyrrole nitrogens is 1. The van der Waals surface area contributed by atoms with Crippen molar-refractivity contribution in [3.8, 4) is 0 Å². The molecule has 0 aliphatic carbocycles. The van der Waals surface area contributed by atoms with E-state index < -0.39 is 15.9 Å². The number of aromatic amines is 1. The van der Waals surface area contributed by atoms with Crippen LogP contribution < -0.4 is 5.73 Å². The zero-order valence-corrected chi connectivity index (χ0v) is 11.4. The number of sulfone groups is 1. The average Bonchev–Trinajstić information content (AvgIpc) is 2.67. The number of nitrogens with one attached hydrogen (secondary N) is 1. The van der Waals surface area contributed by atoms with E-state index in [2.05, 4.69) is 9.97 Å². The summed E-state index contributed by atoms with van der Waals surface area (Å²) in [6, 6.07) is 4.87. The number of benzene rings is 1. The second-order valence-corrected chi connectivity index (χ2v) is 7.00. The van der Waals surface area contributed by atoms with E-state index in [1.54, 1.807) is 18.2 Å². The van der Waals surface area contributed by atoms with Crippen molar-refractivity contribution in [2.45, 2.75) is 12.5 Å². The van der Waals surface area contributed by atoms with Gasteiger partial charge in [0.2, 0.25) is 0 Å². The molecule has 0 amide bonds. The third-order valence-corrected chi connectivity index (χ3v) is 3.83. The molecule has 1 aromatic carbocycles. The lowest BCUT2D eigenvalue weighted by atomic mass is 10.2. The highest BCUT2D eigenvalue weighted by Crippen LogP contribution is 2.20. The lowest BCUT2D eigenvalue weighted by Crippen LogP contribution is -2.16. The maximum Gasteiger partial charge on any atom is 0.147 e. The van der Waals surface area contributed by atoms with Gasteiger partial charge in [-0.05, 0) is 24.6 Å². The first-order chi connectivity index (χ1) is 8.35. The summed E-state index contributed by atoms with van der Waals surface area (Å²) in [6.45, 7) is 0. The van der Waals surface area contributed by atoms with Gasteiger partial charge in [0.15, 0.2) is 0 Å². The van der Waals surface area contributed by atoms with E-state index in [9.17, 15) is 8.42 Å². The van der Waals surface area contributed by atoms with Gasteiger partial charge in [0.05, 0.1) is 22.8 Å². The topological polar surface area (TPSA) is 88.8 Å². The molecule has 0 bridgehead atoms. The van der Waals surface area contributed by atoms with E-state index in [0.29, 0.717) is 17.3 Å². The van der Waals surface area contributed by atoms with Crippen LogP contribution in [0.1, 0.15) is 18.3 Å². The van der Waals surface area contributed by atoms with E-state index in [0.717, 1.165) is 11.0 Å². The van der Waals surface area contributed by atoms with Crippen LogP contribution in [0.2, 0.25) is 5.02 Å². The third-order valence-electron chi connectivity index (χ3n) is 2.61. The molecule has 1 aromatic heterocycles. The highest BCUT2D eigenvalue weighted by Gasteiger charge is 2.14. The molecule has 0 aliphatic heterocycles. The number of fused-ring (bicyclic) bond motifs is 1. The predicted molar refractivity (Wildman–Crippen MR) is 72.4 cm³/mol. The molecule has 1 heterocycles. The van der Waals surface area contributed by atoms with Crippen LogP contribution in [0.15, 0.2) is 18.2 Å². The monoisotopic (exact) mass is 287 g/mol. The highest BCUT2D eigenvalue weighted by atomic mass is 35.5. The fourth-order valence-corrected chi connectivity index (χ4v) is 2.51. The van der Waals surface area contributed by atoms with Crippen molar-refractivity contribution in [3.63, 3.8) is 0 Å². The average molecular weight is 288 g/mol. The Hall–Kier alpha value is -1.11. The fourth-order valence-electron chi connectivity index (χ4n) is 1.65. The number of rotatable bonds is 4. The highest BCUT2D eigenvalue weighted by molar-refractivity contribution is 7.90. The van der Waals surface area contributed by atoms with E-state index in [1.807, 2.05) is 0 Å². The Bertz CT molecular complexity index is 666. The quantitative estimate of drug-likeness (QED) is 0.895. The Labute approximate surface area is 110 Å². The van der Waals surface area contributed by atoms with Crippen LogP contribution >= 0.6 is 11.6 Å². The van der Waals surface area contributed by atoms with Gasteiger partial charge in [-0.2, -0.15) is 0 Å². The molecule has 0 spiro atoms. The molecule has 1 atom stereocenters. The molecule has 0 radical (unpaired) electrons. The Morgan fingerprint density at radius 2 is 2.22 bits per heavy atom. The van der Waals surface area contributed by atoms with Gasteiger partial charge in [-0.25, -0.2) is 13.4 Å². The van der Waals surface area contributed by atoms with Crippen molar-refractivity contribution in [1.82, 2.24) is 9.97 Å². The third kappa shape index (κ3) is 3.22. The molecule has 0 aliphatic rings. The van der Waals surface area contributed by atoms with Crippen LogP contribution in [0.4, 0.5) is 0 Å². The van der Waals surface area contributed by atoms with Crippen molar-refractivity contribution in [2.24, 2.45) is 5.73 Å². The van der Waals surface area contributed by atoms with Crippen LogP contribution in [-0.2, 0) is 9.84 Å². The molecule has 5 nitrogen and oxygen atoms in total. The van der Waals surface area contributed by atoms with Gasteiger partial charge in [0.1, 0.15) is 15.7 Å². The second-order valence-electron chi connectivity index (χ2n) is 4.31. The van der Waals surface area contributed by atoms with Crippen molar-refractivity contribution >= 4 is 32.5 Å². The number of nitrogens with two attached hydrogens (primary N) is 1. The summed E-state index contributed by atoms with van der Waals surface area (Å²) in [5.41, 5.74) is 7.48. The number of imidazole rings is 1. The summed E-state index contributed by atoms with van der Waals surface area (Å²) in [6.07, 6.45) is 1.53. The summed E-state index contributed by atoms with van der Waals surface area (Å²) in [5.74, 6) is 0.627. The zero-order valence-electron chi connectivity index (χ0n) is 9.85. The van der Waals surface area contributed by atoms with Gasteiger partial charge in [-0.3, -0.25) is 0 Å². The number of hydrogen-bond acceptors (Lipinski definition) is 4. The van der Waals surface area contributed by atoms with Gasteiger partial charge >= 0.3 is 0 Å². The van der Waals surface area contributed by atoms with Gasteiger partial charge in [-0.1, -0.05) is 11.6 Å². The summed E-state index contributed by atoms with van der Waals surface area (Å²) < 4.78 is 22.2. The molecular weight excluding hydrogens is 274 g/mol. The molecular formula is C11H14ClN3O2S. The maximum atomic E-state index is 11.1. The Balaban J connectivity index is 2.20. The molecule has 2 rings (SSSR count). The minimum Gasteiger partial charge on any atom is -0.341 e. The molecule has 0 unspecified atom stereocenters. The van der Waals surface area contributed by atoms with Crippen LogP contribution in [0.25, 0.3) is 11.0 Å². The van der Waals surface area contributed by atoms with Gasteiger partial charge < -0.3 is 10.7 Å². The Morgan fingerprint density at radius 1 is 1.50 bits per heavy atom. The van der Waals surface area contributed by atoms with E-state index in [4.69, 9.17) is 17.3 Å². The zero-order chi connectivity index (χ0) is 13.3. The molecule has 18 heavy (non-hydrogen) atoms. The number of nitrogens with zero attached hydrogens (tertiary/aromatic N) is 1. The van der Waals surface area contributed by atoms with Crippen LogP contribution in [-0.4, -0.2) is 30.4 Å². The molecule has 0 saturated carbocycles. The summed E-state index contributed by atoms with van der Waals surface area (Å²) >= 11 is 5.87. The molecule has 98 valence electrons. The van der Waals surface area contributed by atoms with Gasteiger partial charge in [0, 0.05) is 11.3 Å². The second kappa shape index (κ2) is 4.87. The minimum absolute atomic E-state index is 0.0476. The SMILES string of the molecule is CS(=O)(=O)CC[C@H](N)c1nc2ccc(Cl)cc2[nH]1. The van der Waals surface area contributed by atoms with E-state index in [-0.39, 0.29) is 5.75 Å².